The van der Waals surface area contributed by atoms with E-state index in [0.717, 1.165) is 58.9 Å². The maximum absolute atomic E-state index is 11.2. The highest BCUT2D eigenvalue weighted by molar-refractivity contribution is 7.82. The van der Waals surface area contributed by atoms with Crippen molar-refractivity contribution in [3.05, 3.63) is 0 Å². The maximum atomic E-state index is 11.2. The van der Waals surface area contributed by atoms with Crippen molar-refractivity contribution < 1.29 is 4.79 Å². The van der Waals surface area contributed by atoms with Crippen LogP contribution in [0.4, 0.5) is 0 Å². The Morgan fingerprint density at radius 1 is 0.724 bits per heavy atom. The molecule has 0 fully saturated rings. The normalized spacial score (nSPS) is 11.7. The monoisotopic (exact) mass is 451 g/mol. The molecule has 5 N–H and O–H groups in total. The van der Waals surface area contributed by atoms with Crippen molar-refractivity contribution in [3.63, 3.8) is 0 Å². The van der Waals surface area contributed by atoms with Gasteiger partial charge >= 0.3 is 0 Å². The zero-order chi connectivity index (χ0) is 22.6. The molecule has 0 aliphatic heterocycles. The summed E-state index contributed by atoms with van der Waals surface area (Å²) in [7, 11) is 0. The van der Waals surface area contributed by atoms with Gasteiger partial charge in [0.25, 0.3) is 0 Å². The van der Waals surface area contributed by atoms with Crippen molar-refractivity contribution in [2.45, 2.75) is 70.3 Å². The number of hydrogen-bond acceptors (Lipinski definition) is 7. The van der Waals surface area contributed by atoms with E-state index in [2.05, 4.69) is 86.5 Å². The van der Waals surface area contributed by atoms with E-state index in [1.54, 1.807) is 0 Å². The van der Waals surface area contributed by atoms with Crippen LogP contribution in [0.1, 0.15) is 60.8 Å². The summed E-state index contributed by atoms with van der Waals surface area (Å²) in [6, 6.07) is 0. The summed E-state index contributed by atoms with van der Waals surface area (Å²) in [6.45, 7) is 20.8. The Morgan fingerprint density at radius 3 is 1.69 bits per heavy atom. The van der Waals surface area contributed by atoms with Gasteiger partial charge in [-0.3, -0.25) is 4.79 Å². The van der Waals surface area contributed by atoms with E-state index in [-0.39, 0.29) is 15.4 Å². The average molecular weight is 452 g/mol. The first kappa shape index (κ1) is 31.2. The zero-order valence-corrected chi connectivity index (χ0v) is 21.6. The molecule has 0 saturated heterocycles. The van der Waals surface area contributed by atoms with Gasteiger partial charge in [-0.15, -0.1) is 0 Å². The number of unbranched alkanes of at least 4 members (excludes halogenated alkanes) is 1. The predicted octanol–water partition coefficient (Wildman–Crippen LogP) is 2.07. The van der Waals surface area contributed by atoms with Crippen LogP contribution < -0.4 is 26.6 Å². The van der Waals surface area contributed by atoms with Crippen LogP contribution in [0.3, 0.4) is 0 Å². The second kappa shape index (κ2) is 19.9. The smallest absolute Gasteiger partial charge is 0.221 e. The topological polar surface area (TPSA) is 77.2 Å². The minimum atomic E-state index is 0.0722. The van der Waals surface area contributed by atoms with E-state index in [1.165, 1.54) is 12.8 Å². The van der Waals surface area contributed by atoms with Crippen LogP contribution in [0.15, 0.2) is 0 Å². The first-order valence-electron chi connectivity index (χ1n) is 11.1. The number of carbonyl (C=O) groups is 1. The highest BCUT2D eigenvalue weighted by Crippen LogP contribution is 2.09. The number of nitrogens with one attached hydrogen (secondary N) is 5. The lowest BCUT2D eigenvalue weighted by molar-refractivity contribution is -0.120. The number of carbonyl (C=O) groups excluding carboxylic acids is 1. The third kappa shape index (κ3) is 32.9. The molecule has 0 unspecified atom stereocenters. The second-order valence-electron chi connectivity index (χ2n) is 8.54. The van der Waals surface area contributed by atoms with Crippen molar-refractivity contribution in [2.75, 3.05) is 58.9 Å². The number of thiol groups is 2. The summed E-state index contributed by atoms with van der Waals surface area (Å²) in [6.07, 6.45) is 2.99. The first-order chi connectivity index (χ1) is 13.5. The average Bonchev–Trinajstić information content (AvgIpc) is 2.60. The molecule has 6 nitrogen and oxygen atoms in total. The van der Waals surface area contributed by atoms with Gasteiger partial charge in [-0.25, -0.2) is 0 Å². The summed E-state index contributed by atoms with van der Waals surface area (Å²) >= 11 is 8.86. The SMILES string of the molecule is CC(C)(S)CNCCNCC(C)(C)S.CCCCNCCNC(=O)CCNCC. The van der Waals surface area contributed by atoms with Crippen LogP contribution in [-0.4, -0.2) is 74.3 Å². The lowest BCUT2D eigenvalue weighted by atomic mass is 10.2. The number of rotatable bonds is 17. The summed E-state index contributed by atoms with van der Waals surface area (Å²) in [5, 5.41) is 16.0. The van der Waals surface area contributed by atoms with Crippen LogP contribution in [0.5, 0.6) is 0 Å². The molecule has 176 valence electrons. The lowest BCUT2D eigenvalue weighted by Crippen LogP contribution is -2.38. The molecular weight excluding hydrogens is 402 g/mol. The predicted molar refractivity (Wildman–Crippen MR) is 136 cm³/mol. The van der Waals surface area contributed by atoms with Crippen LogP contribution in [0.2, 0.25) is 0 Å². The molecule has 0 saturated carbocycles. The highest BCUT2D eigenvalue weighted by atomic mass is 32.1. The Morgan fingerprint density at radius 2 is 1.24 bits per heavy atom. The fourth-order valence-corrected chi connectivity index (χ4v) is 2.37. The molecule has 0 heterocycles. The van der Waals surface area contributed by atoms with E-state index in [1.807, 2.05) is 6.92 Å². The van der Waals surface area contributed by atoms with Gasteiger partial charge in [0.15, 0.2) is 0 Å². The van der Waals surface area contributed by atoms with Gasteiger partial charge in [-0.05, 0) is 47.2 Å². The molecule has 0 aromatic rings. The van der Waals surface area contributed by atoms with Gasteiger partial charge in [0, 0.05) is 61.7 Å². The van der Waals surface area contributed by atoms with Crippen LogP contribution in [0.25, 0.3) is 0 Å². The molecule has 1 amide bonds. The molecule has 0 aliphatic rings. The Balaban J connectivity index is 0. The minimum absolute atomic E-state index is 0.0722. The Bertz CT molecular complexity index is 353. The van der Waals surface area contributed by atoms with E-state index in [0.29, 0.717) is 6.42 Å². The Kier molecular flexibility index (Phi) is 21.5. The first-order valence-corrected chi connectivity index (χ1v) is 12.0. The molecule has 0 aromatic carbocycles. The fraction of sp³-hybridized carbons (Fsp3) is 0.952. The summed E-state index contributed by atoms with van der Waals surface area (Å²) in [5.41, 5.74) is 0. The highest BCUT2D eigenvalue weighted by Gasteiger charge is 2.11. The Hall–Kier alpha value is 0.01000. The third-order valence-electron chi connectivity index (χ3n) is 3.70. The molecule has 29 heavy (non-hydrogen) atoms. The van der Waals surface area contributed by atoms with Crippen LogP contribution >= 0.6 is 25.3 Å². The van der Waals surface area contributed by atoms with Gasteiger partial charge in [-0.2, -0.15) is 25.3 Å². The lowest BCUT2D eigenvalue weighted by Gasteiger charge is -2.20. The van der Waals surface area contributed by atoms with Crippen LogP contribution in [-0.2, 0) is 4.79 Å². The van der Waals surface area contributed by atoms with Gasteiger partial charge in [0.2, 0.25) is 5.91 Å². The van der Waals surface area contributed by atoms with Crippen molar-refractivity contribution in [1.82, 2.24) is 26.6 Å². The van der Waals surface area contributed by atoms with Gasteiger partial charge < -0.3 is 26.6 Å². The molecule has 0 radical (unpaired) electrons. The fourth-order valence-electron chi connectivity index (χ4n) is 2.15. The van der Waals surface area contributed by atoms with E-state index in [4.69, 9.17) is 0 Å². The molecular formula is C21H49N5OS2. The standard InChI is InChI=1S/C11H25N3O.C10H24N2S2/c1-3-5-7-13-9-10-14-11(15)6-8-12-4-2;1-9(2,13)7-11-5-6-12-8-10(3,4)14/h12-13H,3-10H2,1-2H3,(H,14,15);11-14H,5-8H2,1-4H3. The van der Waals surface area contributed by atoms with Gasteiger partial charge in [0.05, 0.1) is 0 Å². The van der Waals surface area contributed by atoms with Crippen LogP contribution in [0, 0.1) is 0 Å². The van der Waals surface area contributed by atoms with Gasteiger partial charge in [-0.1, -0.05) is 20.3 Å². The quantitative estimate of drug-likeness (QED) is 0.136. The van der Waals surface area contributed by atoms with Crippen molar-refractivity contribution in [1.29, 1.82) is 0 Å². The minimum Gasteiger partial charge on any atom is -0.355 e. The Labute approximate surface area is 191 Å². The number of amides is 1. The van der Waals surface area contributed by atoms with E-state index in [9.17, 15) is 4.79 Å². The molecule has 0 aromatic heterocycles. The van der Waals surface area contributed by atoms with E-state index < -0.39 is 0 Å². The van der Waals surface area contributed by atoms with Gasteiger partial charge in [0.1, 0.15) is 0 Å². The maximum Gasteiger partial charge on any atom is 0.221 e. The molecule has 0 atom stereocenters. The van der Waals surface area contributed by atoms with E-state index >= 15 is 0 Å². The summed E-state index contributed by atoms with van der Waals surface area (Å²) < 4.78 is 0.144. The third-order valence-corrected chi connectivity index (χ3v) is 4.02. The molecule has 0 spiro atoms. The summed E-state index contributed by atoms with van der Waals surface area (Å²) in [4.78, 5) is 11.2. The number of hydrogen-bond donors (Lipinski definition) is 7. The second-order valence-corrected chi connectivity index (χ2v) is 11.0. The van der Waals surface area contributed by atoms with Crippen molar-refractivity contribution >= 4 is 31.2 Å². The molecule has 0 aliphatic carbocycles. The largest absolute Gasteiger partial charge is 0.355 e. The molecule has 8 heteroatoms. The van der Waals surface area contributed by atoms with Crippen molar-refractivity contribution in [2.24, 2.45) is 0 Å². The van der Waals surface area contributed by atoms with Crippen molar-refractivity contribution in [3.8, 4) is 0 Å². The zero-order valence-electron chi connectivity index (χ0n) is 19.8. The molecule has 0 rings (SSSR count). The summed E-state index contributed by atoms with van der Waals surface area (Å²) in [5.74, 6) is 0.133. The molecule has 0 bridgehead atoms.